The van der Waals surface area contributed by atoms with Gasteiger partial charge in [0.1, 0.15) is 0 Å². The number of hydrogen-bond acceptors (Lipinski definition) is 7. The molecule has 0 spiro atoms. The number of nitrogens with zero attached hydrogens (tertiary/aromatic N) is 6. The van der Waals surface area contributed by atoms with Crippen molar-refractivity contribution in [2.75, 3.05) is 44.7 Å². The molecule has 2 aliphatic heterocycles. The highest BCUT2D eigenvalue weighted by molar-refractivity contribution is 5.73. The van der Waals surface area contributed by atoms with E-state index in [9.17, 15) is 9.59 Å². The molecule has 1 saturated carbocycles. The maximum absolute atomic E-state index is 13.8. The van der Waals surface area contributed by atoms with Crippen LogP contribution in [0, 0.1) is 6.92 Å². The van der Waals surface area contributed by atoms with E-state index in [1.165, 1.54) is 0 Å². The molecule has 0 atom stereocenters. The number of aromatic nitrogens is 4. The van der Waals surface area contributed by atoms with Gasteiger partial charge < -0.3 is 15.0 Å². The molecule has 1 aromatic carbocycles. The van der Waals surface area contributed by atoms with E-state index in [0.717, 1.165) is 87.3 Å². The van der Waals surface area contributed by atoms with Gasteiger partial charge in [0.25, 0.3) is 0 Å². The van der Waals surface area contributed by atoms with Gasteiger partial charge >= 0.3 is 5.69 Å². The average Bonchev–Trinajstić information content (AvgIpc) is 3.35. The number of benzene rings is 1. The Kier molecular flexibility index (Phi) is 8.20. The molecule has 6 rings (SSSR count). The zero-order valence-electron chi connectivity index (χ0n) is 24.2. The fraction of sp³-hybridized carbons (Fsp3) is 0.548. The largest absolute Gasteiger partial charge is 0.381 e. The topological polar surface area (TPSA) is 97.5 Å². The molecule has 41 heavy (non-hydrogen) atoms. The Hall–Kier alpha value is -3.50. The van der Waals surface area contributed by atoms with Gasteiger partial charge in [-0.2, -0.15) is 0 Å². The molecule has 1 aliphatic carbocycles. The standard InChI is InChI=1S/C31H41N7O3/c1-22-4-3-5-27(20-22)38-29(21-37(31(38)40)26-11-18-41-19-12-26)28-10-13-32-30(34-28)33-24-6-8-25(9-7-24)36-16-14-35(15-17-36)23(2)39/h3-5,10,13,20-21,24-26H,6-9,11-12,14-19H2,1-2H3,(H,32,33,34). The van der Waals surface area contributed by atoms with Crippen LogP contribution in [-0.2, 0) is 9.53 Å². The van der Waals surface area contributed by atoms with Gasteiger partial charge in [-0.3, -0.25) is 18.8 Å². The lowest BCUT2D eigenvalue weighted by atomic mass is 9.90. The summed E-state index contributed by atoms with van der Waals surface area (Å²) in [6, 6.07) is 10.9. The van der Waals surface area contributed by atoms with Crippen molar-refractivity contribution < 1.29 is 9.53 Å². The second-order valence-corrected chi connectivity index (χ2v) is 11.7. The first kappa shape index (κ1) is 27.7. The molecule has 0 radical (unpaired) electrons. The molecule has 4 heterocycles. The summed E-state index contributed by atoms with van der Waals surface area (Å²) in [5, 5.41) is 3.59. The third-order valence-electron chi connectivity index (χ3n) is 8.98. The van der Waals surface area contributed by atoms with E-state index in [4.69, 9.17) is 9.72 Å². The van der Waals surface area contributed by atoms with Crippen molar-refractivity contribution in [3.05, 3.63) is 58.8 Å². The van der Waals surface area contributed by atoms with Crippen LogP contribution in [-0.4, -0.2) is 86.3 Å². The molecule has 1 N–H and O–H groups in total. The van der Waals surface area contributed by atoms with Crippen molar-refractivity contribution in [2.24, 2.45) is 0 Å². The summed E-state index contributed by atoms with van der Waals surface area (Å²) in [6.07, 6.45) is 9.74. The van der Waals surface area contributed by atoms with Gasteiger partial charge in [0.2, 0.25) is 11.9 Å². The fourth-order valence-electron chi connectivity index (χ4n) is 6.63. The third kappa shape index (κ3) is 6.08. The van der Waals surface area contributed by atoms with Gasteiger partial charge in [-0.1, -0.05) is 12.1 Å². The first-order chi connectivity index (χ1) is 20.0. The minimum absolute atomic E-state index is 0.0481. The number of carbonyl (C=O) groups is 1. The molecule has 218 valence electrons. The lowest BCUT2D eigenvalue weighted by Gasteiger charge is -2.41. The van der Waals surface area contributed by atoms with Gasteiger partial charge in [-0.15, -0.1) is 0 Å². The van der Waals surface area contributed by atoms with Crippen LogP contribution in [0.4, 0.5) is 5.95 Å². The first-order valence-corrected chi connectivity index (χ1v) is 15.0. The number of anilines is 1. The molecular formula is C31H41N7O3. The number of aryl methyl sites for hydroxylation is 1. The van der Waals surface area contributed by atoms with Crippen LogP contribution in [0.2, 0.25) is 0 Å². The van der Waals surface area contributed by atoms with Crippen molar-refractivity contribution in [2.45, 2.75) is 70.5 Å². The molecule has 0 bridgehead atoms. The fourth-order valence-corrected chi connectivity index (χ4v) is 6.63. The van der Waals surface area contributed by atoms with E-state index in [1.807, 2.05) is 52.9 Å². The van der Waals surface area contributed by atoms with Gasteiger partial charge in [0.15, 0.2) is 0 Å². The minimum atomic E-state index is -0.0481. The number of hydrogen-bond donors (Lipinski definition) is 1. The van der Waals surface area contributed by atoms with Crippen molar-refractivity contribution in [1.29, 1.82) is 0 Å². The Balaban J connectivity index is 1.18. The van der Waals surface area contributed by atoms with Crippen LogP contribution in [0.15, 0.2) is 47.5 Å². The Labute approximate surface area is 241 Å². The second kappa shape index (κ2) is 12.2. The Morgan fingerprint density at radius 3 is 2.44 bits per heavy atom. The number of carbonyl (C=O) groups excluding carboxylic acids is 1. The maximum atomic E-state index is 13.8. The molecule has 3 aromatic rings. The molecule has 2 aromatic heterocycles. The summed E-state index contributed by atoms with van der Waals surface area (Å²) in [5.74, 6) is 0.777. The summed E-state index contributed by atoms with van der Waals surface area (Å²) in [5.41, 5.74) is 3.38. The van der Waals surface area contributed by atoms with Crippen LogP contribution in [0.3, 0.4) is 0 Å². The van der Waals surface area contributed by atoms with E-state index in [1.54, 1.807) is 17.7 Å². The van der Waals surface area contributed by atoms with Gasteiger partial charge in [-0.25, -0.2) is 14.8 Å². The van der Waals surface area contributed by atoms with Crippen molar-refractivity contribution in [3.8, 4) is 17.1 Å². The average molecular weight is 560 g/mol. The van der Waals surface area contributed by atoms with E-state index in [0.29, 0.717) is 31.2 Å². The van der Waals surface area contributed by atoms with Gasteiger partial charge in [0.05, 0.1) is 17.1 Å². The molecule has 3 fully saturated rings. The molecule has 3 aliphatic rings. The summed E-state index contributed by atoms with van der Waals surface area (Å²) in [7, 11) is 0. The summed E-state index contributed by atoms with van der Waals surface area (Å²) >= 11 is 0. The van der Waals surface area contributed by atoms with Crippen molar-refractivity contribution >= 4 is 11.9 Å². The van der Waals surface area contributed by atoms with Crippen molar-refractivity contribution in [3.63, 3.8) is 0 Å². The van der Waals surface area contributed by atoms with E-state index in [2.05, 4.69) is 15.2 Å². The number of ether oxygens (including phenoxy) is 1. The van der Waals surface area contributed by atoms with Crippen molar-refractivity contribution in [1.82, 2.24) is 28.9 Å². The van der Waals surface area contributed by atoms with E-state index >= 15 is 0 Å². The molecule has 1 amide bonds. The lowest BCUT2D eigenvalue weighted by molar-refractivity contribution is -0.131. The molecular weight excluding hydrogens is 518 g/mol. The second-order valence-electron chi connectivity index (χ2n) is 11.7. The van der Waals surface area contributed by atoms with E-state index < -0.39 is 0 Å². The maximum Gasteiger partial charge on any atom is 0.333 e. The summed E-state index contributed by atoms with van der Waals surface area (Å²) in [4.78, 5) is 39.4. The monoisotopic (exact) mass is 559 g/mol. The normalized spacial score (nSPS) is 22.5. The quantitative estimate of drug-likeness (QED) is 0.493. The predicted octanol–water partition coefficient (Wildman–Crippen LogP) is 3.64. The van der Waals surface area contributed by atoms with Crippen LogP contribution in [0.5, 0.6) is 0 Å². The highest BCUT2D eigenvalue weighted by Gasteiger charge is 2.29. The number of piperazine rings is 1. The minimum Gasteiger partial charge on any atom is -0.381 e. The highest BCUT2D eigenvalue weighted by atomic mass is 16.5. The third-order valence-corrected chi connectivity index (χ3v) is 8.98. The number of rotatable bonds is 6. The molecule has 10 heteroatoms. The van der Waals surface area contributed by atoms with Crippen LogP contribution >= 0.6 is 0 Å². The lowest BCUT2D eigenvalue weighted by Crippen LogP contribution is -2.52. The Bertz CT molecular complexity index is 1410. The Morgan fingerprint density at radius 1 is 0.976 bits per heavy atom. The highest BCUT2D eigenvalue weighted by Crippen LogP contribution is 2.28. The summed E-state index contributed by atoms with van der Waals surface area (Å²) in [6.45, 7) is 8.62. The van der Waals surface area contributed by atoms with Crippen LogP contribution < -0.4 is 11.0 Å². The zero-order chi connectivity index (χ0) is 28.3. The molecule has 10 nitrogen and oxygen atoms in total. The van der Waals surface area contributed by atoms with Crippen LogP contribution in [0.1, 0.15) is 57.1 Å². The zero-order valence-corrected chi connectivity index (χ0v) is 24.2. The molecule has 2 saturated heterocycles. The SMILES string of the molecule is CC(=O)N1CCN(C2CCC(Nc3nccc(-c4cn(C5CCOCC5)c(=O)n4-c4cccc(C)c4)n3)CC2)CC1. The predicted molar refractivity (Wildman–Crippen MR) is 158 cm³/mol. The number of nitrogens with one attached hydrogen (secondary N) is 1. The van der Waals surface area contributed by atoms with E-state index in [-0.39, 0.29) is 17.6 Å². The van der Waals surface area contributed by atoms with Gasteiger partial charge in [0, 0.05) is 76.8 Å². The molecule has 0 unspecified atom stereocenters. The first-order valence-electron chi connectivity index (χ1n) is 15.0. The Morgan fingerprint density at radius 2 is 1.73 bits per heavy atom. The van der Waals surface area contributed by atoms with Crippen LogP contribution in [0.25, 0.3) is 17.1 Å². The number of amides is 1. The number of imidazole rings is 1. The smallest absolute Gasteiger partial charge is 0.333 e. The van der Waals surface area contributed by atoms with Gasteiger partial charge in [-0.05, 0) is 69.2 Å². The summed E-state index contributed by atoms with van der Waals surface area (Å²) < 4.78 is 9.21.